The van der Waals surface area contributed by atoms with Gasteiger partial charge in [-0.15, -0.1) is 0 Å². The Bertz CT molecular complexity index is 708. The first kappa shape index (κ1) is 19.7. The normalized spacial score (nSPS) is 16.3. The summed E-state index contributed by atoms with van der Waals surface area (Å²) in [6, 6.07) is 5.01. The first-order valence-electron chi connectivity index (χ1n) is 8.77. The molecule has 0 aliphatic carbocycles. The number of rotatable bonds is 6. The number of piperazine rings is 1. The van der Waals surface area contributed by atoms with E-state index in [0.29, 0.717) is 38.3 Å². The Kier molecular flexibility index (Phi) is 6.46. The lowest BCUT2D eigenvalue weighted by atomic mass is 10.0. The van der Waals surface area contributed by atoms with Crippen molar-refractivity contribution in [1.29, 1.82) is 0 Å². The van der Waals surface area contributed by atoms with Crippen LogP contribution >= 0.6 is 0 Å². The second-order valence-corrected chi connectivity index (χ2v) is 8.53. The summed E-state index contributed by atoms with van der Waals surface area (Å²) in [5, 5.41) is 0. The number of hydrogen-bond acceptors (Lipinski definition) is 4. The standard InChI is InChI=1S/C18H28N2O4S/c1-5-6-18(21)19-9-11-20(12-10-19)25(22,23)15-7-8-17(24-4)16(13-15)14(2)3/h7-8,13-14H,5-6,9-12H2,1-4H3. The summed E-state index contributed by atoms with van der Waals surface area (Å²) in [5.74, 6) is 0.962. The molecule has 1 aromatic carbocycles. The van der Waals surface area contributed by atoms with Crippen molar-refractivity contribution < 1.29 is 17.9 Å². The van der Waals surface area contributed by atoms with Crippen molar-refractivity contribution in [2.75, 3.05) is 33.3 Å². The van der Waals surface area contributed by atoms with Crippen molar-refractivity contribution in [2.45, 2.75) is 44.4 Å². The molecule has 0 atom stereocenters. The van der Waals surface area contributed by atoms with E-state index in [0.717, 1.165) is 12.0 Å². The van der Waals surface area contributed by atoms with Gasteiger partial charge in [-0.25, -0.2) is 8.42 Å². The molecule has 6 nitrogen and oxygen atoms in total. The average molecular weight is 368 g/mol. The molecule has 0 bridgehead atoms. The largest absolute Gasteiger partial charge is 0.496 e. The van der Waals surface area contributed by atoms with E-state index >= 15 is 0 Å². The highest BCUT2D eigenvalue weighted by Gasteiger charge is 2.30. The van der Waals surface area contributed by atoms with Gasteiger partial charge in [-0.05, 0) is 36.1 Å². The van der Waals surface area contributed by atoms with Crippen molar-refractivity contribution in [2.24, 2.45) is 0 Å². The van der Waals surface area contributed by atoms with Gasteiger partial charge in [-0.1, -0.05) is 20.8 Å². The highest BCUT2D eigenvalue weighted by molar-refractivity contribution is 7.89. The predicted octanol–water partition coefficient (Wildman–Crippen LogP) is 2.45. The molecule has 1 aromatic rings. The molecule has 1 amide bonds. The predicted molar refractivity (Wildman–Crippen MR) is 97.3 cm³/mol. The highest BCUT2D eigenvalue weighted by Crippen LogP contribution is 2.30. The highest BCUT2D eigenvalue weighted by atomic mass is 32.2. The van der Waals surface area contributed by atoms with E-state index in [1.54, 1.807) is 30.2 Å². The first-order valence-corrected chi connectivity index (χ1v) is 10.2. The molecule has 140 valence electrons. The van der Waals surface area contributed by atoms with Crippen LogP contribution in [0.25, 0.3) is 0 Å². The van der Waals surface area contributed by atoms with Crippen LogP contribution in [-0.4, -0.2) is 56.8 Å². The van der Waals surface area contributed by atoms with Crippen LogP contribution in [0.15, 0.2) is 23.1 Å². The Hall–Kier alpha value is -1.60. The summed E-state index contributed by atoms with van der Waals surface area (Å²) in [6.45, 7) is 7.55. The molecule has 25 heavy (non-hydrogen) atoms. The molecule has 0 spiro atoms. The minimum absolute atomic E-state index is 0.103. The van der Waals surface area contributed by atoms with Crippen molar-refractivity contribution in [3.05, 3.63) is 23.8 Å². The zero-order valence-electron chi connectivity index (χ0n) is 15.5. The molecule has 0 aromatic heterocycles. The van der Waals surface area contributed by atoms with Crippen LogP contribution in [0.5, 0.6) is 5.75 Å². The topological polar surface area (TPSA) is 66.9 Å². The van der Waals surface area contributed by atoms with Gasteiger partial charge in [0, 0.05) is 32.6 Å². The molecular weight excluding hydrogens is 340 g/mol. The molecule has 1 saturated heterocycles. The van der Waals surface area contributed by atoms with Gasteiger partial charge >= 0.3 is 0 Å². The van der Waals surface area contributed by atoms with E-state index in [2.05, 4.69) is 0 Å². The first-order chi connectivity index (χ1) is 11.8. The fourth-order valence-electron chi connectivity index (χ4n) is 3.02. The van der Waals surface area contributed by atoms with Crippen molar-refractivity contribution in [3.63, 3.8) is 0 Å². The van der Waals surface area contributed by atoms with Gasteiger partial charge in [0.05, 0.1) is 12.0 Å². The van der Waals surface area contributed by atoms with Crippen LogP contribution in [0, 0.1) is 0 Å². The Balaban J connectivity index is 2.17. The Labute approximate surface area is 150 Å². The van der Waals surface area contributed by atoms with E-state index < -0.39 is 10.0 Å². The monoisotopic (exact) mass is 368 g/mol. The van der Waals surface area contributed by atoms with Gasteiger partial charge in [0.2, 0.25) is 15.9 Å². The maximum atomic E-state index is 12.9. The minimum atomic E-state index is -3.56. The number of amides is 1. The smallest absolute Gasteiger partial charge is 0.243 e. The van der Waals surface area contributed by atoms with Crippen LogP contribution in [-0.2, 0) is 14.8 Å². The third-order valence-corrected chi connectivity index (χ3v) is 6.41. The zero-order valence-corrected chi connectivity index (χ0v) is 16.3. The lowest BCUT2D eigenvalue weighted by Crippen LogP contribution is -2.50. The fraction of sp³-hybridized carbons (Fsp3) is 0.611. The number of benzene rings is 1. The van der Waals surface area contributed by atoms with Gasteiger partial charge in [-0.3, -0.25) is 4.79 Å². The van der Waals surface area contributed by atoms with Crippen molar-refractivity contribution in [3.8, 4) is 5.75 Å². The number of sulfonamides is 1. The summed E-state index contributed by atoms with van der Waals surface area (Å²) < 4.78 is 32.7. The number of carbonyl (C=O) groups is 1. The van der Waals surface area contributed by atoms with E-state index in [4.69, 9.17) is 4.74 Å². The van der Waals surface area contributed by atoms with Gasteiger partial charge in [0.1, 0.15) is 5.75 Å². The number of carbonyl (C=O) groups excluding carboxylic acids is 1. The van der Waals surface area contributed by atoms with Crippen LogP contribution < -0.4 is 4.74 Å². The quantitative estimate of drug-likeness (QED) is 0.773. The molecule has 0 saturated carbocycles. The number of methoxy groups -OCH3 is 1. The third kappa shape index (κ3) is 4.33. The third-order valence-electron chi connectivity index (χ3n) is 4.52. The molecule has 1 aliphatic heterocycles. The summed E-state index contributed by atoms with van der Waals surface area (Å²) in [6.07, 6.45) is 1.32. The van der Waals surface area contributed by atoms with Gasteiger partial charge in [0.25, 0.3) is 0 Å². The number of ether oxygens (including phenoxy) is 1. The molecule has 0 radical (unpaired) electrons. The second-order valence-electron chi connectivity index (χ2n) is 6.59. The molecule has 0 N–H and O–H groups in total. The molecule has 7 heteroatoms. The number of hydrogen-bond donors (Lipinski definition) is 0. The maximum absolute atomic E-state index is 12.9. The minimum Gasteiger partial charge on any atom is -0.496 e. The lowest BCUT2D eigenvalue weighted by Gasteiger charge is -2.34. The molecule has 1 fully saturated rings. The second kappa shape index (κ2) is 8.19. The molecule has 0 unspecified atom stereocenters. The van der Waals surface area contributed by atoms with Crippen LogP contribution in [0.2, 0.25) is 0 Å². The molecule has 1 aliphatic rings. The van der Waals surface area contributed by atoms with Gasteiger partial charge in [-0.2, -0.15) is 4.31 Å². The fourth-order valence-corrected chi connectivity index (χ4v) is 4.48. The van der Waals surface area contributed by atoms with Crippen LogP contribution in [0.3, 0.4) is 0 Å². The Morgan fingerprint density at radius 1 is 1.20 bits per heavy atom. The summed E-state index contributed by atoms with van der Waals surface area (Å²) in [7, 11) is -1.98. The van der Waals surface area contributed by atoms with Crippen LogP contribution in [0.1, 0.15) is 45.1 Å². The molecular formula is C18H28N2O4S. The summed E-state index contributed by atoms with van der Waals surface area (Å²) >= 11 is 0. The van der Waals surface area contributed by atoms with Crippen molar-refractivity contribution >= 4 is 15.9 Å². The summed E-state index contributed by atoms with van der Waals surface area (Å²) in [4.78, 5) is 14.0. The average Bonchev–Trinajstić information content (AvgIpc) is 2.61. The van der Waals surface area contributed by atoms with E-state index in [1.165, 1.54) is 4.31 Å². The van der Waals surface area contributed by atoms with Gasteiger partial charge < -0.3 is 9.64 Å². The van der Waals surface area contributed by atoms with E-state index in [9.17, 15) is 13.2 Å². The zero-order chi connectivity index (χ0) is 18.6. The summed E-state index contributed by atoms with van der Waals surface area (Å²) in [5.41, 5.74) is 0.875. The lowest BCUT2D eigenvalue weighted by molar-refractivity contribution is -0.132. The van der Waals surface area contributed by atoms with E-state index in [1.807, 2.05) is 20.8 Å². The maximum Gasteiger partial charge on any atom is 0.243 e. The molecule has 2 rings (SSSR count). The Morgan fingerprint density at radius 3 is 2.36 bits per heavy atom. The van der Waals surface area contributed by atoms with Crippen LogP contribution in [0.4, 0.5) is 0 Å². The van der Waals surface area contributed by atoms with Crippen molar-refractivity contribution in [1.82, 2.24) is 9.21 Å². The SMILES string of the molecule is CCCC(=O)N1CCN(S(=O)(=O)c2ccc(OC)c(C(C)C)c2)CC1. The van der Waals surface area contributed by atoms with E-state index in [-0.39, 0.29) is 16.7 Å². The number of nitrogens with zero attached hydrogens (tertiary/aromatic N) is 2. The Morgan fingerprint density at radius 2 is 1.84 bits per heavy atom. The van der Waals surface area contributed by atoms with Gasteiger partial charge in [0.15, 0.2) is 0 Å². The molecule has 1 heterocycles.